The van der Waals surface area contributed by atoms with E-state index in [9.17, 15) is 24.3 Å². The van der Waals surface area contributed by atoms with Crippen molar-refractivity contribution >= 4 is 69.5 Å². The summed E-state index contributed by atoms with van der Waals surface area (Å²) in [6, 6.07) is 59.3. The van der Waals surface area contributed by atoms with Gasteiger partial charge in [0.05, 0.1) is 53.7 Å². The molecule has 4 aliphatic heterocycles. The summed E-state index contributed by atoms with van der Waals surface area (Å²) in [7, 11) is 2.19. The fourth-order valence-electron chi connectivity index (χ4n) is 16.0. The normalized spacial score (nSPS) is 18.4. The molecule has 115 heavy (non-hydrogen) atoms. The van der Waals surface area contributed by atoms with E-state index in [1.54, 1.807) is 0 Å². The second-order valence-electron chi connectivity index (χ2n) is 32.6. The number of aromatic nitrogens is 8. The van der Waals surface area contributed by atoms with E-state index in [1.165, 1.54) is 54.6 Å². The number of carbonyl (C=O) groups excluding carboxylic acids is 4. The number of nitrogens with zero attached hydrogens (tertiary/aromatic N) is 14. The van der Waals surface area contributed by atoms with Crippen LogP contribution in [0, 0.1) is 30.2 Å². The van der Waals surface area contributed by atoms with Crippen LogP contribution in [0.2, 0.25) is 0 Å². The molecule has 12 aromatic rings. The molecule has 4 aliphatic carbocycles. The summed E-state index contributed by atoms with van der Waals surface area (Å²) < 4.78 is 8.17. The van der Waals surface area contributed by atoms with E-state index in [2.05, 4.69) is 208 Å². The third-order valence-corrected chi connectivity index (χ3v) is 23.4. The maximum atomic E-state index is 12.1. The molecule has 0 spiro atoms. The lowest BCUT2D eigenvalue weighted by molar-refractivity contribution is -0.118. The van der Waals surface area contributed by atoms with Crippen molar-refractivity contribution < 1.29 is 24.3 Å². The Kier molecular flexibility index (Phi) is 23.2. The number of nitrogens with one attached hydrogen (secondary N) is 4. The molecule has 12 heterocycles. The second kappa shape index (κ2) is 34.8. The number of likely N-dealkylation sites (N-methyl/N-ethyl adjacent to an activating group) is 1. The van der Waals surface area contributed by atoms with Gasteiger partial charge in [-0.15, -0.1) is 0 Å². The topological polar surface area (TPSA) is 226 Å². The van der Waals surface area contributed by atoms with Crippen molar-refractivity contribution in [2.75, 3.05) is 93.8 Å². The Morgan fingerprint density at radius 3 is 0.930 bits per heavy atom. The number of hydrogen-bond donors (Lipinski definition) is 5. The number of piperidine rings is 2. The van der Waals surface area contributed by atoms with Crippen LogP contribution in [0.4, 0.5) is 23.3 Å². The molecule has 1 atom stereocenters. The molecule has 4 saturated carbocycles. The lowest BCUT2D eigenvalue weighted by Crippen LogP contribution is -2.43. The summed E-state index contributed by atoms with van der Waals surface area (Å²) in [4.78, 5) is 82.3. The molecule has 4 aromatic carbocycles. The van der Waals surface area contributed by atoms with Crippen LogP contribution in [0.3, 0.4) is 0 Å². The van der Waals surface area contributed by atoms with Gasteiger partial charge in [0.15, 0.2) is 23.3 Å². The highest BCUT2D eigenvalue weighted by Gasteiger charge is 2.34. The van der Waals surface area contributed by atoms with Gasteiger partial charge in [0.25, 0.3) is 0 Å². The zero-order valence-electron chi connectivity index (χ0n) is 65.6. The molecular formula is C92H102N18O5. The maximum Gasteiger partial charge on any atom is 0.228 e. The van der Waals surface area contributed by atoms with Gasteiger partial charge in [0, 0.05) is 115 Å². The molecule has 0 unspecified atom stereocenters. The van der Waals surface area contributed by atoms with E-state index in [1.807, 2.05) is 82.1 Å². The maximum absolute atomic E-state index is 12.1. The first-order chi connectivity index (χ1) is 56.3. The van der Waals surface area contributed by atoms with Gasteiger partial charge in [-0.3, -0.25) is 56.4 Å². The number of aliphatic hydroxyl groups excluding tert-OH is 1. The zero-order valence-corrected chi connectivity index (χ0v) is 65.6. The summed E-state index contributed by atoms with van der Waals surface area (Å²) in [5.74, 6) is 3.46. The summed E-state index contributed by atoms with van der Waals surface area (Å²) in [5, 5.41) is 21.5. The highest BCUT2D eigenvalue weighted by atomic mass is 16.3. The van der Waals surface area contributed by atoms with Gasteiger partial charge in [-0.2, -0.15) is 0 Å². The van der Waals surface area contributed by atoms with Crippen molar-refractivity contribution in [3.05, 3.63) is 228 Å². The smallest absolute Gasteiger partial charge is 0.228 e. The lowest BCUT2D eigenvalue weighted by Gasteiger charge is -2.32. The van der Waals surface area contributed by atoms with Gasteiger partial charge in [-0.1, -0.05) is 128 Å². The highest BCUT2D eigenvalue weighted by Crippen LogP contribution is 2.36. The molecule has 0 bridgehead atoms. The standard InChI is InChI=1S/C24H25N5O.C23H27N5O.C23H26N4O.C22H24N4O2/c1-25-20-11-13-28(14-12-20)15-17-5-7-18(8-6-17)21-3-2-4-23-26-22(16-29(21)23)27-24(30)19-9-10-19;1-26-11-13-27(14-12-26)15-17-5-7-18(8-6-17)20-3-2-4-22-24-21(16-28(20)22)25-23(29)19-9-10-19;28-23(19-11-12-19)25-21-16-27-20(5-4-6-22(27)24-21)18-9-7-17(8-10-18)15-26-13-2-1-3-14-26;27-18-10-11-25(13-18)12-15-4-6-16(7-5-15)19-2-1-3-21-23-20(14-26(19)21)24-22(28)17-8-9-17/h2-8,16,19-20H,9-15H2,(H,27,30);2-8,16,19H,9-15H2,1H3,(H,25,29);4-10,16,19H,1-3,11-15H2,(H,25,28);1-7,14,17-18,27H,8-13H2,(H,24,28)/t;;;18-/m...0/s1. The van der Waals surface area contributed by atoms with Crippen LogP contribution in [0.5, 0.6) is 0 Å². The van der Waals surface area contributed by atoms with Crippen molar-refractivity contribution in [1.29, 1.82) is 0 Å². The number of aliphatic hydroxyl groups is 1. The average Bonchev–Trinajstić information content (AvgIpc) is 1.67. The van der Waals surface area contributed by atoms with Crippen LogP contribution in [-0.4, -0.2) is 175 Å². The molecule has 8 fully saturated rings. The van der Waals surface area contributed by atoms with Crippen molar-refractivity contribution in [2.24, 2.45) is 23.7 Å². The molecule has 4 amide bonds. The Labute approximate surface area is 671 Å². The predicted octanol–water partition coefficient (Wildman–Crippen LogP) is 14.6. The molecule has 590 valence electrons. The third kappa shape index (κ3) is 19.4. The van der Waals surface area contributed by atoms with E-state index in [0.717, 1.165) is 217 Å². The van der Waals surface area contributed by atoms with Gasteiger partial charge in [0.1, 0.15) is 22.6 Å². The third-order valence-electron chi connectivity index (χ3n) is 23.4. The van der Waals surface area contributed by atoms with Crippen molar-refractivity contribution in [3.8, 4) is 45.0 Å². The van der Waals surface area contributed by atoms with Crippen LogP contribution < -0.4 is 21.3 Å². The fourth-order valence-corrected chi connectivity index (χ4v) is 16.0. The number of amides is 4. The molecule has 8 aliphatic rings. The predicted molar refractivity (Wildman–Crippen MR) is 451 cm³/mol. The first-order valence-corrected chi connectivity index (χ1v) is 41.4. The van der Waals surface area contributed by atoms with E-state index >= 15 is 0 Å². The molecule has 5 N–H and O–H groups in total. The number of likely N-dealkylation sites (tertiary alicyclic amines) is 3. The summed E-state index contributed by atoms with van der Waals surface area (Å²) >= 11 is 0. The Bertz CT molecular complexity index is 5300. The molecular weight excluding hydrogens is 1440 g/mol. The number of carbonyl (C=O) groups is 4. The number of hydrogen-bond acceptors (Lipinski definition) is 14. The molecule has 20 rings (SSSR count). The van der Waals surface area contributed by atoms with Gasteiger partial charge in [-0.05, 0) is 184 Å². The molecule has 0 radical (unpaired) electrons. The SMILES string of the molecule is CN1CCN(Cc2ccc(-c3cccc4nc(NC(=O)C5CC5)cn34)cc2)CC1.O=C(Nc1cn2c(-c3ccc(CN4CCCCC4)cc3)cccc2n1)C1CC1.O=C(Nc1cn2c(-c3ccc(CN4CC[C@H](O)C4)cc3)cccc2n1)C1CC1.[C-]#[N+]C1CCN(Cc2ccc(-c3cccc4nc(NC(=O)C5CC5)cn34)cc2)CC1. The minimum Gasteiger partial charge on any atom is -0.392 e. The first-order valence-electron chi connectivity index (χ1n) is 41.4. The monoisotopic (exact) mass is 1540 g/mol. The first kappa shape index (κ1) is 76.4. The number of fused-ring (bicyclic) bond motifs is 4. The summed E-state index contributed by atoms with van der Waals surface area (Å²) in [6.45, 7) is 21.7. The molecule has 8 aromatic heterocycles. The van der Waals surface area contributed by atoms with E-state index < -0.39 is 0 Å². The van der Waals surface area contributed by atoms with Crippen LogP contribution in [0.25, 0.3) is 72.5 Å². The Balaban J connectivity index is 0.000000111. The Morgan fingerprint density at radius 2 is 0.643 bits per heavy atom. The number of anilines is 4. The van der Waals surface area contributed by atoms with Crippen molar-refractivity contribution in [2.45, 2.75) is 128 Å². The van der Waals surface area contributed by atoms with Gasteiger partial charge < -0.3 is 36.1 Å². The fraction of sp³-hybridized carbons (Fsp3) is 0.380. The van der Waals surface area contributed by atoms with Gasteiger partial charge >= 0.3 is 0 Å². The highest BCUT2D eigenvalue weighted by molar-refractivity contribution is 5.96. The van der Waals surface area contributed by atoms with Crippen LogP contribution >= 0.6 is 0 Å². The minimum atomic E-state index is -0.187. The van der Waals surface area contributed by atoms with Crippen molar-refractivity contribution in [3.63, 3.8) is 0 Å². The molecule has 23 nitrogen and oxygen atoms in total. The molecule has 4 saturated heterocycles. The average molecular weight is 1540 g/mol. The van der Waals surface area contributed by atoms with Crippen molar-refractivity contribution in [1.82, 2.24) is 62.0 Å². The van der Waals surface area contributed by atoms with E-state index in [-0.39, 0.29) is 59.4 Å². The second-order valence-corrected chi connectivity index (χ2v) is 32.6. The number of benzene rings is 4. The Morgan fingerprint density at radius 1 is 0.357 bits per heavy atom. The molecule has 23 heteroatoms. The largest absolute Gasteiger partial charge is 0.392 e. The summed E-state index contributed by atoms with van der Waals surface area (Å²) in [6.07, 6.45) is 22.2. The number of rotatable bonds is 20. The quantitative estimate of drug-likeness (QED) is 0.0448. The number of β-amino-alcohol motifs (C(OH)–C–C–N with tert-alkyl or cyclic N) is 1. The Hall–Kier alpha value is -11.2. The lowest BCUT2D eigenvalue weighted by atomic mass is 10.0. The minimum absolute atomic E-state index is 0.0707. The summed E-state index contributed by atoms with van der Waals surface area (Å²) in [5.41, 5.74) is 17.4. The van der Waals surface area contributed by atoms with Crippen LogP contribution in [0.1, 0.15) is 112 Å². The number of piperazine rings is 1. The van der Waals surface area contributed by atoms with Crippen LogP contribution in [-0.2, 0) is 45.4 Å². The van der Waals surface area contributed by atoms with E-state index in [4.69, 9.17) is 6.57 Å². The van der Waals surface area contributed by atoms with E-state index in [0.29, 0.717) is 23.3 Å². The van der Waals surface area contributed by atoms with Gasteiger partial charge in [0.2, 0.25) is 29.7 Å². The number of imidazole rings is 4. The van der Waals surface area contributed by atoms with Crippen LogP contribution in [0.15, 0.2) is 195 Å². The number of pyridine rings is 4. The zero-order chi connectivity index (χ0) is 78.3. The van der Waals surface area contributed by atoms with Gasteiger partial charge in [-0.25, -0.2) is 26.5 Å².